The summed E-state index contributed by atoms with van der Waals surface area (Å²) in [5.41, 5.74) is 10.9. The fourth-order valence-electron chi connectivity index (χ4n) is 1.58. The van der Waals surface area contributed by atoms with Crippen molar-refractivity contribution >= 4 is 22.0 Å². The maximum absolute atomic E-state index is 11.1. The first-order valence-corrected chi connectivity index (χ1v) is 8.04. The van der Waals surface area contributed by atoms with Crippen molar-refractivity contribution in [3.05, 3.63) is 29.8 Å². The van der Waals surface area contributed by atoms with Gasteiger partial charge in [-0.2, -0.15) is 0 Å². The van der Waals surface area contributed by atoms with Crippen LogP contribution in [0.4, 0.5) is 0 Å². The molecule has 0 radical (unpaired) electrons. The van der Waals surface area contributed by atoms with E-state index < -0.39 is 22.0 Å². The third kappa shape index (κ3) is 6.90. The number of rotatable bonds is 8. The Hall–Kier alpha value is -2.33. The molecule has 0 aliphatic rings. The molecule has 22 heavy (non-hydrogen) atoms. The molecule has 0 heterocycles. The molecule has 9 nitrogen and oxygen atoms in total. The number of benzene rings is 1. The van der Waals surface area contributed by atoms with Crippen molar-refractivity contribution in [2.75, 3.05) is 13.0 Å². The molecule has 6 N–H and O–H groups in total. The summed E-state index contributed by atoms with van der Waals surface area (Å²) in [6.45, 7) is -0.0327. The molecule has 0 saturated heterocycles. The highest BCUT2D eigenvalue weighted by Crippen LogP contribution is 2.14. The Morgan fingerprint density at radius 2 is 1.95 bits per heavy atom. The summed E-state index contributed by atoms with van der Waals surface area (Å²) in [5, 5.41) is 9.03. The Morgan fingerprint density at radius 1 is 1.36 bits per heavy atom. The Morgan fingerprint density at radius 3 is 2.41 bits per heavy atom. The van der Waals surface area contributed by atoms with E-state index in [0.29, 0.717) is 11.3 Å². The lowest BCUT2D eigenvalue weighted by molar-refractivity contribution is -0.138. The number of ether oxygens (including phenoxy) is 1. The number of sulfonamides is 1. The number of nitrogens with one attached hydrogen (secondary N) is 1. The molecule has 1 atom stereocenters. The van der Waals surface area contributed by atoms with Gasteiger partial charge >= 0.3 is 5.97 Å². The minimum atomic E-state index is -3.61. The predicted molar refractivity (Wildman–Crippen MR) is 80.9 cm³/mol. The lowest BCUT2D eigenvalue weighted by Crippen LogP contribution is -2.41. The number of carboxylic acids is 1. The van der Waals surface area contributed by atoms with E-state index >= 15 is 0 Å². The highest BCUT2D eigenvalue weighted by molar-refractivity contribution is 7.88. The SMILES string of the molecule is CS(=O)(=O)NC(Cc1ccc(OCN=C(N)N)cc1)C(=O)O. The Labute approximate surface area is 128 Å². The molecule has 0 aromatic heterocycles. The van der Waals surface area contributed by atoms with Crippen LogP contribution in [-0.2, 0) is 21.2 Å². The molecule has 0 amide bonds. The maximum atomic E-state index is 11.1. The highest BCUT2D eigenvalue weighted by Gasteiger charge is 2.21. The third-order valence-electron chi connectivity index (χ3n) is 2.50. The summed E-state index contributed by atoms with van der Waals surface area (Å²) >= 11 is 0. The lowest BCUT2D eigenvalue weighted by Gasteiger charge is -2.13. The summed E-state index contributed by atoms with van der Waals surface area (Å²) in [6, 6.07) is 5.24. The number of carboxylic acid groups (broad SMARTS) is 1. The van der Waals surface area contributed by atoms with Crippen LogP contribution >= 0.6 is 0 Å². The average Bonchev–Trinajstić information content (AvgIpc) is 2.38. The molecule has 1 aromatic rings. The summed E-state index contributed by atoms with van der Waals surface area (Å²) in [5.74, 6) is -0.844. The third-order valence-corrected chi connectivity index (χ3v) is 3.21. The second-order valence-electron chi connectivity index (χ2n) is 4.49. The summed E-state index contributed by atoms with van der Waals surface area (Å²) in [6.07, 6.45) is 0.917. The molecule has 122 valence electrons. The molecule has 10 heteroatoms. The zero-order valence-corrected chi connectivity index (χ0v) is 12.7. The van der Waals surface area contributed by atoms with Crippen molar-refractivity contribution < 1.29 is 23.1 Å². The second-order valence-corrected chi connectivity index (χ2v) is 6.27. The fraction of sp³-hybridized carbons (Fsp3) is 0.333. The van der Waals surface area contributed by atoms with E-state index in [1.165, 1.54) is 0 Å². The molecule has 1 aromatic carbocycles. The Kier molecular flexibility index (Phi) is 6.13. The Balaban J connectivity index is 2.69. The van der Waals surface area contributed by atoms with E-state index in [1.807, 2.05) is 0 Å². The molecule has 1 rings (SSSR count). The zero-order valence-electron chi connectivity index (χ0n) is 11.9. The average molecular weight is 330 g/mol. The van der Waals surface area contributed by atoms with Gasteiger partial charge in [0.1, 0.15) is 11.8 Å². The largest absolute Gasteiger partial charge is 0.480 e. The van der Waals surface area contributed by atoms with Gasteiger partial charge in [-0.05, 0) is 24.1 Å². The first-order valence-electron chi connectivity index (χ1n) is 6.14. The van der Waals surface area contributed by atoms with Crippen LogP contribution in [0.5, 0.6) is 5.75 Å². The van der Waals surface area contributed by atoms with Crippen LogP contribution in [0.2, 0.25) is 0 Å². The zero-order chi connectivity index (χ0) is 16.8. The molecule has 1 unspecified atom stereocenters. The smallest absolute Gasteiger partial charge is 0.322 e. The molecule has 0 spiro atoms. The minimum Gasteiger partial charge on any atom is -0.480 e. The van der Waals surface area contributed by atoms with Crippen LogP contribution in [0.25, 0.3) is 0 Å². The number of hydrogen-bond donors (Lipinski definition) is 4. The van der Waals surface area contributed by atoms with Crippen LogP contribution in [0.1, 0.15) is 5.56 Å². The fourth-order valence-corrected chi connectivity index (χ4v) is 2.28. The van der Waals surface area contributed by atoms with Gasteiger partial charge in [0.05, 0.1) is 6.26 Å². The monoisotopic (exact) mass is 330 g/mol. The number of aliphatic imine (C=N–C) groups is 1. The van der Waals surface area contributed by atoms with Crippen molar-refractivity contribution in [1.82, 2.24) is 4.72 Å². The van der Waals surface area contributed by atoms with Crippen LogP contribution in [0.15, 0.2) is 29.3 Å². The molecular weight excluding hydrogens is 312 g/mol. The van der Waals surface area contributed by atoms with Crippen molar-refractivity contribution in [3.8, 4) is 5.75 Å². The summed E-state index contributed by atoms with van der Waals surface area (Å²) < 4.78 is 29.6. The first-order chi connectivity index (χ1) is 10.2. The molecule has 0 aliphatic carbocycles. The van der Waals surface area contributed by atoms with Gasteiger partial charge in [0.15, 0.2) is 12.7 Å². The van der Waals surface area contributed by atoms with Crippen molar-refractivity contribution in [2.45, 2.75) is 12.5 Å². The number of carbonyl (C=O) groups is 1. The van der Waals surface area contributed by atoms with Gasteiger partial charge in [0.2, 0.25) is 10.0 Å². The maximum Gasteiger partial charge on any atom is 0.322 e. The lowest BCUT2D eigenvalue weighted by atomic mass is 10.1. The van der Waals surface area contributed by atoms with E-state index in [2.05, 4.69) is 9.71 Å². The number of hydrogen-bond acceptors (Lipinski definition) is 5. The molecule has 0 fully saturated rings. The number of nitrogens with two attached hydrogens (primary N) is 2. The van der Waals surface area contributed by atoms with Crippen molar-refractivity contribution in [3.63, 3.8) is 0 Å². The molecule has 0 bridgehead atoms. The quantitative estimate of drug-likeness (QED) is 0.346. The predicted octanol–water partition coefficient (Wildman–Crippen LogP) is -1.16. The van der Waals surface area contributed by atoms with E-state index in [9.17, 15) is 13.2 Å². The van der Waals surface area contributed by atoms with Gasteiger partial charge in [0.25, 0.3) is 0 Å². The number of aliphatic carboxylic acids is 1. The van der Waals surface area contributed by atoms with Crippen LogP contribution in [0, 0.1) is 0 Å². The first kappa shape index (κ1) is 17.7. The van der Waals surface area contributed by atoms with Gasteiger partial charge in [0, 0.05) is 0 Å². The molecule has 0 aliphatic heterocycles. The molecule has 0 saturated carbocycles. The van der Waals surface area contributed by atoms with E-state index in [0.717, 1.165) is 6.26 Å². The van der Waals surface area contributed by atoms with Crippen molar-refractivity contribution in [1.29, 1.82) is 0 Å². The van der Waals surface area contributed by atoms with Crippen LogP contribution in [-0.4, -0.2) is 44.5 Å². The summed E-state index contributed by atoms with van der Waals surface area (Å²) in [7, 11) is -3.61. The Bertz CT molecular complexity index is 638. The number of nitrogens with zero attached hydrogens (tertiary/aromatic N) is 1. The van der Waals surface area contributed by atoms with Crippen LogP contribution in [0.3, 0.4) is 0 Å². The second kappa shape index (κ2) is 7.61. The van der Waals surface area contributed by atoms with Gasteiger partial charge in [-0.15, -0.1) is 0 Å². The number of guanidine groups is 1. The van der Waals surface area contributed by atoms with E-state index in [1.54, 1.807) is 24.3 Å². The van der Waals surface area contributed by atoms with Gasteiger partial charge in [-0.3, -0.25) is 4.79 Å². The van der Waals surface area contributed by atoms with Crippen LogP contribution < -0.4 is 20.9 Å². The van der Waals surface area contributed by atoms with Gasteiger partial charge in [-0.1, -0.05) is 12.1 Å². The standard InChI is InChI=1S/C12H18N4O5S/c1-22(19,20)16-10(11(17)18)6-8-2-4-9(5-3-8)21-7-15-12(13)14/h2-5,10,16H,6-7H2,1H3,(H,17,18)(H4,13,14,15). The summed E-state index contributed by atoms with van der Waals surface area (Å²) in [4.78, 5) is 14.7. The van der Waals surface area contributed by atoms with E-state index in [4.69, 9.17) is 21.3 Å². The van der Waals surface area contributed by atoms with Crippen molar-refractivity contribution in [2.24, 2.45) is 16.5 Å². The minimum absolute atomic E-state index is 0.0105. The van der Waals surface area contributed by atoms with Gasteiger partial charge in [-0.25, -0.2) is 18.1 Å². The van der Waals surface area contributed by atoms with E-state index in [-0.39, 0.29) is 19.1 Å². The van der Waals surface area contributed by atoms with Gasteiger partial charge < -0.3 is 21.3 Å². The molecular formula is C12H18N4O5S. The normalized spacial score (nSPS) is 12.4. The topological polar surface area (TPSA) is 157 Å². The highest BCUT2D eigenvalue weighted by atomic mass is 32.2.